The topological polar surface area (TPSA) is 62.2 Å². The van der Waals surface area contributed by atoms with Gasteiger partial charge in [-0.05, 0) is 30.3 Å². The van der Waals surface area contributed by atoms with Gasteiger partial charge in [0.2, 0.25) is 5.95 Å². The first-order chi connectivity index (χ1) is 14.8. The van der Waals surface area contributed by atoms with Crippen LogP contribution in [0.15, 0.2) is 55.0 Å². The molecule has 1 aliphatic rings. The number of alkyl halides is 3. The number of benzene rings is 1. The van der Waals surface area contributed by atoms with Gasteiger partial charge in [-0.15, -0.1) is 0 Å². The normalized spacial score (nSPS) is 14.6. The maximum atomic E-state index is 13.1. The fraction of sp³-hybridized carbons (Fsp3) is 0.238. The molecule has 10 heteroatoms. The number of carbonyl (C=O) groups excluding carboxylic acids is 1. The van der Waals surface area contributed by atoms with E-state index in [0.29, 0.717) is 43.4 Å². The van der Waals surface area contributed by atoms with Crippen LogP contribution in [-0.4, -0.2) is 51.9 Å². The first kappa shape index (κ1) is 21.0. The second-order valence-electron chi connectivity index (χ2n) is 6.95. The maximum Gasteiger partial charge on any atom is 0.417 e. The molecule has 1 saturated heterocycles. The molecule has 0 saturated carbocycles. The van der Waals surface area contributed by atoms with Crippen LogP contribution in [0.3, 0.4) is 0 Å². The Kier molecular flexibility index (Phi) is 5.77. The minimum absolute atomic E-state index is 0.181. The van der Waals surface area contributed by atoms with Crippen molar-refractivity contribution in [3.63, 3.8) is 0 Å². The molecular weight excluding hydrogens is 431 g/mol. The summed E-state index contributed by atoms with van der Waals surface area (Å²) in [5, 5.41) is -0.372. The number of pyridine rings is 1. The van der Waals surface area contributed by atoms with Gasteiger partial charge in [-0.1, -0.05) is 17.7 Å². The number of hydrogen-bond acceptors (Lipinski definition) is 5. The molecule has 3 heterocycles. The van der Waals surface area contributed by atoms with Crippen molar-refractivity contribution in [3.8, 4) is 11.3 Å². The highest BCUT2D eigenvalue weighted by Crippen LogP contribution is 2.36. The van der Waals surface area contributed by atoms with Gasteiger partial charge >= 0.3 is 6.18 Å². The average Bonchev–Trinajstić information content (AvgIpc) is 2.79. The number of nitrogens with zero attached hydrogens (tertiary/aromatic N) is 5. The van der Waals surface area contributed by atoms with Crippen molar-refractivity contribution in [1.29, 1.82) is 0 Å². The minimum atomic E-state index is -4.56. The highest BCUT2D eigenvalue weighted by atomic mass is 35.5. The molecular formula is C21H17ClF3N5O. The van der Waals surface area contributed by atoms with Crippen LogP contribution in [0.5, 0.6) is 0 Å². The third kappa shape index (κ3) is 4.61. The summed E-state index contributed by atoms with van der Waals surface area (Å²) in [6.07, 6.45) is 0.166. The van der Waals surface area contributed by atoms with Crippen LogP contribution in [0.2, 0.25) is 5.02 Å². The Morgan fingerprint density at radius 1 is 0.968 bits per heavy atom. The zero-order chi connectivity index (χ0) is 22.0. The average molecular weight is 448 g/mol. The predicted molar refractivity (Wildman–Crippen MR) is 110 cm³/mol. The van der Waals surface area contributed by atoms with Gasteiger partial charge in [-0.2, -0.15) is 13.2 Å². The first-order valence-electron chi connectivity index (χ1n) is 9.47. The summed E-state index contributed by atoms with van der Waals surface area (Å²) in [5.41, 5.74) is 0.0454. The molecule has 0 atom stereocenters. The third-order valence-electron chi connectivity index (χ3n) is 4.98. The molecule has 160 valence electrons. The molecule has 6 nitrogen and oxygen atoms in total. The lowest BCUT2D eigenvalue weighted by molar-refractivity contribution is -0.137. The monoisotopic (exact) mass is 447 g/mol. The lowest BCUT2D eigenvalue weighted by Gasteiger charge is -2.34. The molecule has 0 radical (unpaired) electrons. The van der Waals surface area contributed by atoms with Crippen LogP contribution in [0.1, 0.15) is 15.9 Å². The zero-order valence-electron chi connectivity index (χ0n) is 16.2. The number of rotatable bonds is 3. The summed E-state index contributed by atoms with van der Waals surface area (Å²) in [5.74, 6) is 0.446. The Balaban J connectivity index is 1.45. The summed E-state index contributed by atoms with van der Waals surface area (Å²) in [6.45, 7) is 2.22. The van der Waals surface area contributed by atoms with Gasteiger partial charge in [0.15, 0.2) is 0 Å². The number of hydrogen-bond donors (Lipinski definition) is 0. The Morgan fingerprint density at radius 2 is 1.68 bits per heavy atom. The molecule has 1 amide bonds. The van der Waals surface area contributed by atoms with Crippen LogP contribution in [0, 0.1) is 0 Å². The van der Waals surface area contributed by atoms with Crippen molar-refractivity contribution < 1.29 is 18.0 Å². The fourth-order valence-corrected chi connectivity index (χ4v) is 3.56. The smallest absolute Gasteiger partial charge is 0.337 e. The highest BCUT2D eigenvalue weighted by Gasteiger charge is 2.33. The van der Waals surface area contributed by atoms with Crippen molar-refractivity contribution in [2.24, 2.45) is 0 Å². The Morgan fingerprint density at radius 3 is 2.29 bits per heavy atom. The molecule has 31 heavy (non-hydrogen) atoms. The lowest BCUT2D eigenvalue weighted by atomic mass is 10.1. The van der Waals surface area contributed by atoms with Crippen LogP contribution < -0.4 is 4.90 Å². The van der Waals surface area contributed by atoms with E-state index in [4.69, 9.17) is 11.6 Å². The standard InChI is InChI=1S/C21H17ClF3N5O/c22-17-4-2-14(12-16(17)21(23,24)25)18-5-3-15(13-28-18)19(31)29-8-10-30(11-9-29)20-26-6-1-7-27-20/h1-7,12-13H,8-11H2. The van der Waals surface area contributed by atoms with E-state index in [9.17, 15) is 18.0 Å². The SMILES string of the molecule is O=C(c1ccc(-c2ccc(Cl)c(C(F)(F)F)c2)nc1)N1CCN(c2ncccn2)CC1. The first-order valence-corrected chi connectivity index (χ1v) is 9.85. The Labute approximate surface area is 181 Å². The van der Waals surface area contributed by atoms with E-state index >= 15 is 0 Å². The number of halogens is 4. The van der Waals surface area contributed by atoms with Crippen molar-refractivity contribution in [2.45, 2.75) is 6.18 Å². The molecule has 0 bridgehead atoms. The summed E-state index contributed by atoms with van der Waals surface area (Å²) in [4.78, 5) is 29.1. The second-order valence-corrected chi connectivity index (χ2v) is 7.36. The van der Waals surface area contributed by atoms with Gasteiger partial charge in [0.1, 0.15) is 0 Å². The van der Waals surface area contributed by atoms with Gasteiger partial charge in [0.05, 0.1) is 21.8 Å². The van der Waals surface area contributed by atoms with Crippen LogP contribution in [-0.2, 0) is 6.18 Å². The van der Waals surface area contributed by atoms with Crippen LogP contribution in [0.25, 0.3) is 11.3 Å². The van der Waals surface area contributed by atoms with E-state index in [1.165, 1.54) is 24.4 Å². The second kappa shape index (κ2) is 8.50. The van der Waals surface area contributed by atoms with Gasteiger partial charge in [-0.25, -0.2) is 9.97 Å². The van der Waals surface area contributed by atoms with Crippen molar-refractivity contribution in [1.82, 2.24) is 19.9 Å². The van der Waals surface area contributed by atoms with E-state index in [1.807, 2.05) is 4.90 Å². The molecule has 3 aromatic rings. The van der Waals surface area contributed by atoms with Gasteiger partial charge in [-0.3, -0.25) is 9.78 Å². The zero-order valence-corrected chi connectivity index (χ0v) is 16.9. The van der Waals surface area contributed by atoms with Gasteiger partial charge in [0, 0.05) is 50.3 Å². The molecule has 0 unspecified atom stereocenters. The number of piperazine rings is 1. The lowest BCUT2D eigenvalue weighted by Crippen LogP contribution is -2.49. The van der Waals surface area contributed by atoms with E-state index in [2.05, 4.69) is 15.0 Å². The Bertz CT molecular complexity index is 1070. The molecule has 0 aliphatic carbocycles. The fourth-order valence-electron chi connectivity index (χ4n) is 3.34. The highest BCUT2D eigenvalue weighted by molar-refractivity contribution is 6.31. The third-order valence-corrected chi connectivity index (χ3v) is 5.31. The van der Waals surface area contributed by atoms with E-state index in [0.717, 1.165) is 6.07 Å². The quantitative estimate of drug-likeness (QED) is 0.603. The van der Waals surface area contributed by atoms with Gasteiger partial charge in [0.25, 0.3) is 5.91 Å². The van der Waals surface area contributed by atoms with E-state index in [-0.39, 0.29) is 16.5 Å². The van der Waals surface area contributed by atoms with Crippen molar-refractivity contribution in [2.75, 3.05) is 31.1 Å². The summed E-state index contributed by atoms with van der Waals surface area (Å²) >= 11 is 5.67. The van der Waals surface area contributed by atoms with Crippen molar-refractivity contribution in [3.05, 3.63) is 71.1 Å². The van der Waals surface area contributed by atoms with Crippen LogP contribution in [0.4, 0.5) is 19.1 Å². The molecule has 4 rings (SSSR count). The van der Waals surface area contributed by atoms with Crippen LogP contribution >= 0.6 is 11.6 Å². The molecule has 1 aromatic carbocycles. The molecule has 0 N–H and O–H groups in total. The van der Waals surface area contributed by atoms with Crippen molar-refractivity contribution >= 4 is 23.5 Å². The maximum absolute atomic E-state index is 13.1. The number of aromatic nitrogens is 3. The number of carbonyl (C=O) groups is 1. The Hall–Kier alpha value is -3.20. The number of amides is 1. The summed E-state index contributed by atoms with van der Waals surface area (Å²) in [6, 6.07) is 8.46. The molecule has 1 aliphatic heterocycles. The summed E-state index contributed by atoms with van der Waals surface area (Å²) in [7, 11) is 0. The van der Waals surface area contributed by atoms with Gasteiger partial charge < -0.3 is 9.80 Å². The molecule has 0 spiro atoms. The van der Waals surface area contributed by atoms with E-state index < -0.39 is 11.7 Å². The molecule has 1 fully saturated rings. The minimum Gasteiger partial charge on any atom is -0.337 e. The summed E-state index contributed by atoms with van der Waals surface area (Å²) < 4.78 is 39.3. The predicted octanol–water partition coefficient (Wildman–Crippen LogP) is 4.17. The number of anilines is 1. The van der Waals surface area contributed by atoms with E-state index in [1.54, 1.807) is 29.4 Å². The largest absolute Gasteiger partial charge is 0.417 e. The molecule has 2 aromatic heterocycles.